The molecule has 5 nitrogen and oxygen atoms in total. The molecule has 0 amide bonds. The fraction of sp³-hybridized carbons (Fsp3) is 0.867. The van der Waals surface area contributed by atoms with Gasteiger partial charge in [-0.05, 0) is 26.2 Å². The summed E-state index contributed by atoms with van der Waals surface area (Å²) >= 11 is 5.52. The number of hydrogen-bond donors (Lipinski definition) is 1. The average Bonchev–Trinajstić information content (AvgIpc) is 2.81. The van der Waals surface area contributed by atoms with Gasteiger partial charge in [-0.3, -0.25) is 9.69 Å². The molecule has 3 unspecified atom stereocenters. The molecule has 3 rings (SSSR count). The van der Waals surface area contributed by atoms with E-state index in [0.29, 0.717) is 11.6 Å². The van der Waals surface area contributed by atoms with E-state index < -0.39 is 0 Å². The van der Waals surface area contributed by atoms with Crippen LogP contribution in [0.3, 0.4) is 0 Å². The molecule has 3 fully saturated rings. The molecule has 6 heteroatoms. The highest BCUT2D eigenvalue weighted by atomic mass is 32.1. The van der Waals surface area contributed by atoms with E-state index in [1.165, 1.54) is 6.42 Å². The van der Waals surface area contributed by atoms with Crippen molar-refractivity contribution < 1.29 is 14.3 Å². The van der Waals surface area contributed by atoms with Gasteiger partial charge in [0.05, 0.1) is 30.5 Å². The molecule has 2 heterocycles. The number of fused-ring (bicyclic) bond motifs is 1. The zero-order chi connectivity index (χ0) is 14.9. The largest absolute Gasteiger partial charge is 0.465 e. The molecule has 2 aliphatic heterocycles. The molecule has 118 valence electrons. The van der Waals surface area contributed by atoms with Crippen LogP contribution in [0, 0.1) is 11.8 Å². The number of carbonyl (C=O) groups is 1. The highest BCUT2D eigenvalue weighted by Gasteiger charge is 2.57. The third-order valence-corrected chi connectivity index (χ3v) is 5.43. The summed E-state index contributed by atoms with van der Waals surface area (Å²) in [5, 5.41) is 3.53. The number of carbonyl (C=O) groups excluding carboxylic acids is 1. The van der Waals surface area contributed by atoms with Gasteiger partial charge in [-0.1, -0.05) is 18.6 Å². The summed E-state index contributed by atoms with van der Waals surface area (Å²) in [6.45, 7) is 5.58. The maximum atomic E-state index is 12.3. The maximum absolute atomic E-state index is 12.3. The quantitative estimate of drug-likeness (QED) is 0.626. The lowest BCUT2D eigenvalue weighted by molar-refractivity contribution is -0.149. The van der Waals surface area contributed by atoms with Crippen LogP contribution in [-0.4, -0.2) is 54.4 Å². The van der Waals surface area contributed by atoms with Crippen molar-refractivity contribution in [3.63, 3.8) is 0 Å². The van der Waals surface area contributed by atoms with Crippen molar-refractivity contribution in [1.82, 2.24) is 10.2 Å². The first-order valence-electron chi connectivity index (χ1n) is 8.00. The van der Waals surface area contributed by atoms with Crippen LogP contribution in [0.1, 0.15) is 32.6 Å². The first-order valence-corrected chi connectivity index (χ1v) is 8.41. The third kappa shape index (κ3) is 2.58. The average molecular weight is 312 g/mol. The number of nitrogens with zero attached hydrogens (tertiary/aromatic N) is 1. The fourth-order valence-corrected chi connectivity index (χ4v) is 4.63. The minimum absolute atomic E-state index is 0.156. The van der Waals surface area contributed by atoms with Crippen LogP contribution in [0.5, 0.6) is 0 Å². The van der Waals surface area contributed by atoms with Crippen molar-refractivity contribution in [3.8, 4) is 0 Å². The Hall–Kier alpha value is -0.720. The Balaban J connectivity index is 1.87. The number of morpholine rings is 1. The predicted molar refractivity (Wildman–Crippen MR) is 82.9 cm³/mol. The van der Waals surface area contributed by atoms with E-state index in [1.54, 1.807) is 0 Å². The second-order valence-corrected chi connectivity index (χ2v) is 6.53. The SMILES string of the molecule is CCOC(=O)C1C(=S)NC2(N3CCOCC3)CCCCC12. The predicted octanol–water partition coefficient (Wildman–Crippen LogP) is 1.31. The number of nitrogens with one attached hydrogen (secondary N) is 1. The summed E-state index contributed by atoms with van der Waals surface area (Å²) in [6.07, 6.45) is 4.43. The molecule has 0 aromatic heterocycles. The fourth-order valence-electron chi connectivity index (χ4n) is 4.19. The minimum Gasteiger partial charge on any atom is -0.465 e. The van der Waals surface area contributed by atoms with Gasteiger partial charge in [-0.15, -0.1) is 0 Å². The van der Waals surface area contributed by atoms with E-state index in [-0.39, 0.29) is 23.5 Å². The number of hydrogen-bond acceptors (Lipinski definition) is 5. The van der Waals surface area contributed by atoms with Crippen LogP contribution < -0.4 is 5.32 Å². The van der Waals surface area contributed by atoms with Crippen molar-refractivity contribution >= 4 is 23.2 Å². The van der Waals surface area contributed by atoms with Gasteiger partial charge < -0.3 is 14.8 Å². The molecule has 2 saturated heterocycles. The summed E-state index contributed by atoms with van der Waals surface area (Å²) < 4.78 is 10.7. The Kier molecular flexibility index (Phi) is 4.47. The van der Waals surface area contributed by atoms with Crippen molar-refractivity contribution in [2.45, 2.75) is 38.3 Å². The lowest BCUT2D eigenvalue weighted by Crippen LogP contribution is -2.63. The topological polar surface area (TPSA) is 50.8 Å². The summed E-state index contributed by atoms with van der Waals surface area (Å²) in [7, 11) is 0. The van der Waals surface area contributed by atoms with Gasteiger partial charge >= 0.3 is 5.97 Å². The molecular formula is C15H24N2O3S. The minimum atomic E-state index is -0.275. The van der Waals surface area contributed by atoms with Crippen LogP contribution in [0.25, 0.3) is 0 Å². The van der Waals surface area contributed by atoms with Gasteiger partial charge in [0.1, 0.15) is 5.92 Å². The Bertz CT molecular complexity index is 425. The van der Waals surface area contributed by atoms with E-state index in [1.807, 2.05) is 6.92 Å². The maximum Gasteiger partial charge on any atom is 0.316 e. The van der Waals surface area contributed by atoms with Gasteiger partial charge in [0.25, 0.3) is 0 Å². The molecule has 21 heavy (non-hydrogen) atoms. The molecular weight excluding hydrogens is 288 g/mol. The Morgan fingerprint density at radius 3 is 2.95 bits per heavy atom. The van der Waals surface area contributed by atoms with Crippen LogP contribution in [0.4, 0.5) is 0 Å². The number of esters is 1. The van der Waals surface area contributed by atoms with Crippen LogP contribution in [0.2, 0.25) is 0 Å². The molecule has 1 saturated carbocycles. The zero-order valence-corrected chi connectivity index (χ0v) is 13.4. The van der Waals surface area contributed by atoms with Crippen molar-refractivity contribution in [3.05, 3.63) is 0 Å². The van der Waals surface area contributed by atoms with E-state index in [2.05, 4.69) is 10.2 Å². The van der Waals surface area contributed by atoms with Crippen LogP contribution >= 0.6 is 12.2 Å². The van der Waals surface area contributed by atoms with Gasteiger partial charge in [0, 0.05) is 19.0 Å². The molecule has 3 aliphatic rings. The van der Waals surface area contributed by atoms with Crippen molar-refractivity contribution in [1.29, 1.82) is 0 Å². The highest BCUT2D eigenvalue weighted by Crippen LogP contribution is 2.46. The first-order chi connectivity index (χ1) is 10.2. The normalized spacial score (nSPS) is 36.9. The van der Waals surface area contributed by atoms with Crippen LogP contribution in [0.15, 0.2) is 0 Å². The van der Waals surface area contributed by atoms with Crippen molar-refractivity contribution in [2.75, 3.05) is 32.9 Å². The van der Waals surface area contributed by atoms with Gasteiger partial charge in [0.2, 0.25) is 0 Å². The molecule has 0 bridgehead atoms. The van der Waals surface area contributed by atoms with E-state index in [4.69, 9.17) is 21.7 Å². The Morgan fingerprint density at radius 2 is 2.24 bits per heavy atom. The molecule has 0 aromatic carbocycles. The number of thiocarbonyl (C=S) groups is 1. The van der Waals surface area contributed by atoms with Crippen molar-refractivity contribution in [2.24, 2.45) is 11.8 Å². The zero-order valence-electron chi connectivity index (χ0n) is 12.6. The molecule has 1 N–H and O–H groups in total. The van der Waals surface area contributed by atoms with Crippen LogP contribution in [-0.2, 0) is 14.3 Å². The lowest BCUT2D eigenvalue weighted by atomic mass is 9.74. The molecule has 3 atom stereocenters. The second kappa shape index (κ2) is 6.18. The first kappa shape index (κ1) is 15.2. The summed E-state index contributed by atoms with van der Waals surface area (Å²) in [5.41, 5.74) is -0.156. The third-order valence-electron chi connectivity index (χ3n) is 5.08. The lowest BCUT2D eigenvalue weighted by Gasteiger charge is -2.49. The second-order valence-electron chi connectivity index (χ2n) is 6.09. The molecule has 0 aromatic rings. The highest BCUT2D eigenvalue weighted by molar-refractivity contribution is 7.80. The number of ether oxygens (including phenoxy) is 2. The van der Waals surface area contributed by atoms with E-state index >= 15 is 0 Å². The summed E-state index contributed by atoms with van der Waals surface area (Å²) in [4.78, 5) is 15.5. The monoisotopic (exact) mass is 312 g/mol. The van der Waals surface area contributed by atoms with Gasteiger partial charge in [-0.25, -0.2) is 0 Å². The molecule has 1 aliphatic carbocycles. The summed E-state index contributed by atoms with van der Waals surface area (Å²) in [6, 6.07) is 0. The van der Waals surface area contributed by atoms with Gasteiger partial charge in [-0.2, -0.15) is 0 Å². The molecule has 0 spiro atoms. The van der Waals surface area contributed by atoms with Gasteiger partial charge in [0.15, 0.2) is 0 Å². The Morgan fingerprint density at radius 1 is 1.48 bits per heavy atom. The summed E-state index contributed by atoms with van der Waals surface area (Å²) in [5.74, 6) is -0.198. The smallest absolute Gasteiger partial charge is 0.316 e. The standard InChI is InChI=1S/C15H24N2O3S/c1-2-20-14(18)12-11-5-3-4-6-15(11,16-13(12)21)17-7-9-19-10-8-17/h11-12H,2-10H2,1H3,(H,16,21). The van der Waals surface area contributed by atoms with E-state index in [9.17, 15) is 4.79 Å². The number of rotatable bonds is 3. The molecule has 0 radical (unpaired) electrons. The Labute approximate surface area is 131 Å². The van der Waals surface area contributed by atoms with E-state index in [0.717, 1.165) is 45.6 Å².